The van der Waals surface area contributed by atoms with Crippen LogP contribution >= 0.6 is 0 Å². The molecule has 2 atom stereocenters. The molecule has 0 aromatic carbocycles. The van der Waals surface area contributed by atoms with E-state index in [-0.39, 0.29) is 19.2 Å². The molecule has 0 radical (unpaired) electrons. The number of carboxylic acids is 1. The number of rotatable bonds is 5. The molecule has 0 spiro atoms. The maximum absolute atomic E-state index is 11.2. The zero-order valence-electron chi connectivity index (χ0n) is 9.22. The number of aliphatic hydroxyl groups excluding tert-OH is 1. The van der Waals surface area contributed by atoms with Crippen LogP contribution < -0.4 is 10.6 Å². The smallest absolute Gasteiger partial charge is 0.334 e. The number of aliphatic carboxylic acids is 1. The van der Waals surface area contributed by atoms with Gasteiger partial charge in [0.05, 0.1) is 32.5 Å². The summed E-state index contributed by atoms with van der Waals surface area (Å²) in [7, 11) is 0. The van der Waals surface area contributed by atoms with Gasteiger partial charge in [0, 0.05) is 6.54 Å². The molecule has 0 saturated carbocycles. The lowest BCUT2D eigenvalue weighted by molar-refractivity contribution is -0.146. The molecule has 1 rings (SSSR count). The molecular weight excluding hydrogens is 232 g/mol. The Morgan fingerprint density at radius 1 is 1.35 bits per heavy atom. The Labute approximate surface area is 97.9 Å². The van der Waals surface area contributed by atoms with Crippen LogP contribution in [0, 0.1) is 0 Å². The topological polar surface area (TPSA) is 117 Å². The SMILES string of the molecule is O=C(NCC1COCCO1)NC[C@H](O)C(=O)O. The average molecular weight is 248 g/mol. The van der Waals surface area contributed by atoms with Gasteiger partial charge in [0.25, 0.3) is 0 Å². The molecule has 1 heterocycles. The molecule has 1 unspecified atom stereocenters. The minimum atomic E-state index is -1.60. The maximum Gasteiger partial charge on any atom is 0.334 e. The number of nitrogens with one attached hydrogen (secondary N) is 2. The van der Waals surface area contributed by atoms with Crippen LogP contribution in [-0.2, 0) is 14.3 Å². The van der Waals surface area contributed by atoms with E-state index in [0.717, 1.165) is 0 Å². The summed E-state index contributed by atoms with van der Waals surface area (Å²) in [4.78, 5) is 21.4. The van der Waals surface area contributed by atoms with Crippen LogP contribution in [0.2, 0.25) is 0 Å². The molecule has 8 heteroatoms. The lowest BCUT2D eigenvalue weighted by Gasteiger charge is -2.23. The van der Waals surface area contributed by atoms with Crippen molar-refractivity contribution < 1.29 is 29.3 Å². The molecule has 17 heavy (non-hydrogen) atoms. The van der Waals surface area contributed by atoms with Gasteiger partial charge in [0.15, 0.2) is 6.10 Å². The number of hydrogen-bond acceptors (Lipinski definition) is 5. The lowest BCUT2D eigenvalue weighted by atomic mass is 10.3. The molecule has 1 aliphatic rings. The number of urea groups is 1. The Bertz CT molecular complexity index is 266. The highest BCUT2D eigenvalue weighted by atomic mass is 16.6. The molecule has 0 aromatic rings. The number of hydrogen-bond donors (Lipinski definition) is 4. The zero-order valence-corrected chi connectivity index (χ0v) is 9.22. The van der Waals surface area contributed by atoms with Crippen LogP contribution in [0.4, 0.5) is 4.79 Å². The van der Waals surface area contributed by atoms with Crippen LogP contribution in [0.15, 0.2) is 0 Å². The largest absolute Gasteiger partial charge is 0.479 e. The van der Waals surface area contributed by atoms with Crippen molar-refractivity contribution in [3.05, 3.63) is 0 Å². The van der Waals surface area contributed by atoms with Crippen LogP contribution in [0.25, 0.3) is 0 Å². The number of carbonyl (C=O) groups is 2. The van der Waals surface area contributed by atoms with Gasteiger partial charge in [-0.05, 0) is 0 Å². The van der Waals surface area contributed by atoms with Crippen LogP contribution in [0.3, 0.4) is 0 Å². The molecule has 0 bridgehead atoms. The van der Waals surface area contributed by atoms with E-state index >= 15 is 0 Å². The van der Waals surface area contributed by atoms with Crippen LogP contribution in [-0.4, -0.2) is 67.3 Å². The predicted octanol–water partition coefficient (Wildman–Crippen LogP) is -1.85. The fraction of sp³-hybridized carbons (Fsp3) is 0.778. The Hall–Kier alpha value is -1.38. The standard InChI is InChI=1S/C9H16N2O6/c12-7(8(13)14)4-11-9(15)10-3-6-5-16-1-2-17-6/h6-7,12H,1-5H2,(H,13,14)(H2,10,11,15)/t6?,7-/m0/s1. The first-order chi connectivity index (χ1) is 8.09. The fourth-order valence-corrected chi connectivity index (χ4v) is 1.20. The first-order valence-electron chi connectivity index (χ1n) is 5.21. The molecule has 2 amide bonds. The Balaban J connectivity index is 2.10. The van der Waals surface area contributed by atoms with E-state index in [1.54, 1.807) is 0 Å². The summed E-state index contributed by atoms with van der Waals surface area (Å²) in [6, 6.07) is -0.556. The highest BCUT2D eigenvalue weighted by molar-refractivity contribution is 5.76. The van der Waals surface area contributed by atoms with E-state index in [2.05, 4.69) is 10.6 Å². The second-order valence-electron chi connectivity index (χ2n) is 3.51. The van der Waals surface area contributed by atoms with E-state index < -0.39 is 18.1 Å². The lowest BCUT2D eigenvalue weighted by Crippen LogP contribution is -2.46. The summed E-state index contributed by atoms with van der Waals surface area (Å²) in [6.07, 6.45) is -1.80. The van der Waals surface area contributed by atoms with E-state index in [9.17, 15) is 9.59 Å². The molecule has 1 saturated heterocycles. The maximum atomic E-state index is 11.2. The predicted molar refractivity (Wildman–Crippen MR) is 55.6 cm³/mol. The first kappa shape index (κ1) is 13.7. The number of amides is 2. The minimum absolute atomic E-state index is 0.195. The van der Waals surface area contributed by atoms with Crippen molar-refractivity contribution in [3.63, 3.8) is 0 Å². The van der Waals surface area contributed by atoms with E-state index in [0.29, 0.717) is 19.8 Å². The monoisotopic (exact) mass is 248 g/mol. The molecule has 1 fully saturated rings. The van der Waals surface area contributed by atoms with E-state index in [1.807, 2.05) is 0 Å². The second-order valence-corrected chi connectivity index (χ2v) is 3.51. The number of carbonyl (C=O) groups excluding carboxylic acids is 1. The van der Waals surface area contributed by atoms with Crippen molar-refractivity contribution in [2.45, 2.75) is 12.2 Å². The number of carboxylic acid groups (broad SMARTS) is 1. The van der Waals surface area contributed by atoms with Crippen molar-refractivity contribution >= 4 is 12.0 Å². The second kappa shape index (κ2) is 7.05. The van der Waals surface area contributed by atoms with Crippen molar-refractivity contribution in [2.24, 2.45) is 0 Å². The minimum Gasteiger partial charge on any atom is -0.479 e. The third kappa shape index (κ3) is 5.48. The van der Waals surface area contributed by atoms with Gasteiger partial charge in [-0.25, -0.2) is 9.59 Å². The summed E-state index contributed by atoms with van der Waals surface area (Å²) in [6.45, 7) is 1.38. The summed E-state index contributed by atoms with van der Waals surface area (Å²) in [5.74, 6) is -1.38. The third-order valence-corrected chi connectivity index (χ3v) is 2.12. The Morgan fingerprint density at radius 3 is 2.71 bits per heavy atom. The molecule has 98 valence electrons. The van der Waals surface area contributed by atoms with Crippen molar-refractivity contribution in [1.29, 1.82) is 0 Å². The van der Waals surface area contributed by atoms with E-state index in [1.165, 1.54) is 0 Å². The molecule has 0 aliphatic carbocycles. The summed E-state index contributed by atoms with van der Waals surface area (Å²) >= 11 is 0. The van der Waals surface area contributed by atoms with Gasteiger partial charge in [0.2, 0.25) is 0 Å². The quantitative estimate of drug-likeness (QED) is 0.453. The van der Waals surface area contributed by atoms with Gasteiger partial charge in [-0.15, -0.1) is 0 Å². The van der Waals surface area contributed by atoms with Gasteiger partial charge in [-0.3, -0.25) is 0 Å². The van der Waals surface area contributed by atoms with E-state index in [4.69, 9.17) is 19.7 Å². The van der Waals surface area contributed by atoms with Crippen molar-refractivity contribution in [3.8, 4) is 0 Å². The fourth-order valence-electron chi connectivity index (χ4n) is 1.20. The molecule has 4 N–H and O–H groups in total. The summed E-state index contributed by atoms with van der Waals surface area (Å²) in [5.41, 5.74) is 0. The van der Waals surface area contributed by atoms with Gasteiger partial charge in [0.1, 0.15) is 0 Å². The van der Waals surface area contributed by atoms with Gasteiger partial charge in [-0.2, -0.15) is 0 Å². The first-order valence-corrected chi connectivity index (χ1v) is 5.21. The third-order valence-electron chi connectivity index (χ3n) is 2.12. The average Bonchev–Trinajstić information content (AvgIpc) is 2.34. The molecular formula is C9H16N2O6. The highest BCUT2D eigenvalue weighted by Crippen LogP contribution is 1.98. The van der Waals surface area contributed by atoms with Crippen molar-refractivity contribution in [1.82, 2.24) is 10.6 Å². The number of aliphatic hydroxyl groups is 1. The Kier molecular flexibility index (Phi) is 5.67. The van der Waals surface area contributed by atoms with Crippen molar-refractivity contribution in [2.75, 3.05) is 32.9 Å². The number of ether oxygens (including phenoxy) is 2. The zero-order chi connectivity index (χ0) is 12.7. The van der Waals surface area contributed by atoms with Gasteiger partial charge >= 0.3 is 12.0 Å². The molecule has 8 nitrogen and oxygen atoms in total. The van der Waals surface area contributed by atoms with Crippen LogP contribution in [0.1, 0.15) is 0 Å². The molecule has 1 aliphatic heterocycles. The highest BCUT2D eigenvalue weighted by Gasteiger charge is 2.16. The summed E-state index contributed by atoms with van der Waals surface area (Å²) in [5, 5.41) is 22.0. The van der Waals surface area contributed by atoms with Gasteiger partial charge in [-0.1, -0.05) is 0 Å². The summed E-state index contributed by atoms with van der Waals surface area (Å²) < 4.78 is 10.4. The molecule has 0 aromatic heterocycles. The normalized spacial score (nSPS) is 21.6. The Morgan fingerprint density at radius 2 is 2.12 bits per heavy atom. The van der Waals surface area contributed by atoms with Crippen LogP contribution in [0.5, 0.6) is 0 Å². The van der Waals surface area contributed by atoms with Gasteiger partial charge < -0.3 is 30.3 Å².